The number of carbonyl (C=O) groups is 1. The molecular formula is C32H32FN3O4. The number of halogens is 1. The predicted molar refractivity (Wildman–Crippen MR) is 148 cm³/mol. The normalized spacial score (nSPS) is 22.9. The van der Waals surface area contributed by atoms with E-state index >= 15 is 4.39 Å². The summed E-state index contributed by atoms with van der Waals surface area (Å²) in [5, 5.41) is 14.8. The van der Waals surface area contributed by atoms with Gasteiger partial charge in [0.25, 0.3) is 5.91 Å². The van der Waals surface area contributed by atoms with E-state index in [2.05, 4.69) is 0 Å². The van der Waals surface area contributed by atoms with Crippen molar-refractivity contribution in [3.8, 4) is 5.75 Å². The summed E-state index contributed by atoms with van der Waals surface area (Å²) in [5.41, 5.74) is 2.75. The van der Waals surface area contributed by atoms with E-state index in [4.69, 9.17) is 9.47 Å². The van der Waals surface area contributed by atoms with Crippen LogP contribution in [0.3, 0.4) is 0 Å². The number of aliphatic hydroxyl groups is 1. The van der Waals surface area contributed by atoms with E-state index in [0.29, 0.717) is 18.7 Å². The van der Waals surface area contributed by atoms with Crippen molar-refractivity contribution < 1.29 is 23.8 Å². The lowest BCUT2D eigenvalue weighted by Gasteiger charge is -2.49. The van der Waals surface area contributed by atoms with Gasteiger partial charge in [-0.25, -0.2) is 4.39 Å². The van der Waals surface area contributed by atoms with E-state index in [1.165, 1.54) is 6.07 Å². The Kier molecular flexibility index (Phi) is 7.53. The van der Waals surface area contributed by atoms with Gasteiger partial charge in [0.1, 0.15) is 12.7 Å². The van der Waals surface area contributed by atoms with Crippen LogP contribution in [0.25, 0.3) is 0 Å². The largest absolute Gasteiger partial charge is 0.490 e. The number of amides is 1. The highest BCUT2D eigenvalue weighted by atomic mass is 19.1. The van der Waals surface area contributed by atoms with Gasteiger partial charge in [-0.1, -0.05) is 72.8 Å². The molecule has 3 aliphatic rings. The zero-order chi connectivity index (χ0) is 27.5. The first-order valence-corrected chi connectivity index (χ1v) is 13.7. The van der Waals surface area contributed by atoms with Crippen LogP contribution in [0.15, 0.2) is 103 Å². The summed E-state index contributed by atoms with van der Waals surface area (Å²) in [6.07, 6.45) is 4.58. The first kappa shape index (κ1) is 26.1. The molecule has 7 nitrogen and oxygen atoms in total. The molecule has 0 aliphatic carbocycles. The topological polar surface area (TPSA) is 65.5 Å². The zero-order valence-corrected chi connectivity index (χ0v) is 22.2. The fraction of sp³-hybridized carbons (Fsp3) is 0.281. The Balaban J connectivity index is 1.50. The Morgan fingerprint density at radius 1 is 0.950 bits per heavy atom. The van der Waals surface area contributed by atoms with Gasteiger partial charge in [-0.2, -0.15) is 5.01 Å². The second-order valence-corrected chi connectivity index (χ2v) is 10.1. The molecule has 1 amide bonds. The van der Waals surface area contributed by atoms with Crippen molar-refractivity contribution in [1.29, 1.82) is 0 Å². The molecule has 0 aromatic heterocycles. The third-order valence-corrected chi connectivity index (χ3v) is 7.48. The summed E-state index contributed by atoms with van der Waals surface area (Å²) >= 11 is 0. The Morgan fingerprint density at radius 3 is 2.52 bits per heavy atom. The van der Waals surface area contributed by atoms with Crippen LogP contribution in [-0.4, -0.2) is 51.9 Å². The molecule has 1 saturated heterocycles. The summed E-state index contributed by atoms with van der Waals surface area (Å²) in [4.78, 5) is 15.8. The highest BCUT2D eigenvalue weighted by molar-refractivity contribution is 5.94. The van der Waals surface area contributed by atoms with Gasteiger partial charge >= 0.3 is 0 Å². The van der Waals surface area contributed by atoms with Crippen molar-refractivity contribution in [3.05, 3.63) is 125 Å². The minimum absolute atomic E-state index is 0.195. The Bertz CT molecular complexity index is 1410. The van der Waals surface area contributed by atoms with Crippen LogP contribution in [-0.2, 0) is 16.1 Å². The monoisotopic (exact) mass is 541 g/mol. The van der Waals surface area contributed by atoms with Gasteiger partial charge in [-0.3, -0.25) is 9.80 Å². The first-order chi connectivity index (χ1) is 19.6. The maximum atomic E-state index is 15.3. The average molecular weight is 542 g/mol. The summed E-state index contributed by atoms with van der Waals surface area (Å²) < 4.78 is 27.5. The lowest BCUT2D eigenvalue weighted by molar-refractivity contribution is -0.150. The fourth-order valence-corrected chi connectivity index (χ4v) is 5.52. The van der Waals surface area contributed by atoms with Crippen LogP contribution >= 0.6 is 0 Å². The standard InChI is InChI=1S/C32H32FN3O4/c33-26-16-10-15-25-28(24-13-6-2-7-14-24)36-22-34(18-8-3-9-20-39-30(25)26)32(38)29-31(27(37)17-19-35(29)36)40-21-23-11-4-1-5-12-23/h1-2,4-7,10-17,19,27-28,37H,3,8-9,18,20-22H2/t27?,28-/m0/s1. The van der Waals surface area contributed by atoms with Crippen molar-refractivity contribution >= 4 is 5.91 Å². The Labute approximate surface area is 233 Å². The van der Waals surface area contributed by atoms with Crippen LogP contribution in [0.4, 0.5) is 4.39 Å². The molecule has 3 aliphatic heterocycles. The van der Waals surface area contributed by atoms with Gasteiger partial charge in [0.15, 0.2) is 23.0 Å². The molecule has 2 bridgehead atoms. The minimum atomic E-state index is -1.08. The molecule has 0 radical (unpaired) electrons. The molecule has 3 heterocycles. The molecular weight excluding hydrogens is 509 g/mol. The lowest BCUT2D eigenvalue weighted by atomic mass is 9.96. The number of fused-ring (bicyclic) bond motifs is 5. The zero-order valence-electron chi connectivity index (χ0n) is 22.2. The predicted octanol–water partition coefficient (Wildman–Crippen LogP) is 5.11. The van der Waals surface area contributed by atoms with Crippen molar-refractivity contribution in [2.75, 3.05) is 19.8 Å². The van der Waals surface area contributed by atoms with Gasteiger partial charge in [-0.05, 0) is 42.5 Å². The van der Waals surface area contributed by atoms with Crippen LogP contribution in [0.5, 0.6) is 5.75 Å². The van der Waals surface area contributed by atoms with Gasteiger partial charge in [0.05, 0.1) is 19.3 Å². The number of rotatable bonds is 4. The molecule has 3 atom stereocenters. The van der Waals surface area contributed by atoms with Crippen molar-refractivity contribution in [1.82, 2.24) is 14.9 Å². The first-order valence-electron chi connectivity index (χ1n) is 13.7. The molecule has 6 rings (SSSR count). The van der Waals surface area contributed by atoms with E-state index in [-0.39, 0.29) is 36.4 Å². The smallest absolute Gasteiger partial charge is 0.276 e. The lowest BCUT2D eigenvalue weighted by Crippen LogP contribution is -2.59. The third kappa shape index (κ3) is 5.08. The number of para-hydroxylation sites is 1. The second-order valence-electron chi connectivity index (χ2n) is 10.1. The van der Waals surface area contributed by atoms with Crippen molar-refractivity contribution in [2.24, 2.45) is 0 Å². The van der Waals surface area contributed by atoms with E-state index in [9.17, 15) is 9.90 Å². The molecule has 8 heteroatoms. The summed E-state index contributed by atoms with van der Waals surface area (Å²) in [7, 11) is 0. The molecule has 2 unspecified atom stereocenters. The van der Waals surface area contributed by atoms with Crippen molar-refractivity contribution in [2.45, 2.75) is 38.0 Å². The quantitative estimate of drug-likeness (QED) is 0.495. The van der Waals surface area contributed by atoms with Crippen molar-refractivity contribution in [3.63, 3.8) is 0 Å². The SMILES string of the molecule is O=C1C2=C(OCc3ccccc3)C(O)C=CN2N2CN1CCCCCOc1c(F)cccc1[C@@H]2c1ccccc1. The number of hydrazine groups is 1. The highest BCUT2D eigenvalue weighted by Crippen LogP contribution is 2.42. The fourth-order valence-electron chi connectivity index (χ4n) is 5.52. The number of hydrogen-bond donors (Lipinski definition) is 1. The number of carbonyl (C=O) groups excluding carboxylic acids is 1. The second kappa shape index (κ2) is 11.5. The van der Waals surface area contributed by atoms with Gasteiger partial charge in [0, 0.05) is 18.3 Å². The van der Waals surface area contributed by atoms with Gasteiger partial charge < -0.3 is 19.5 Å². The van der Waals surface area contributed by atoms with E-state index in [1.54, 1.807) is 28.3 Å². The van der Waals surface area contributed by atoms with Crippen LogP contribution in [0, 0.1) is 5.82 Å². The minimum Gasteiger partial charge on any atom is -0.490 e. The average Bonchev–Trinajstić information content (AvgIpc) is 2.97. The number of ether oxygens (including phenoxy) is 2. The molecule has 0 spiro atoms. The van der Waals surface area contributed by atoms with Gasteiger partial charge in [0.2, 0.25) is 0 Å². The van der Waals surface area contributed by atoms with E-state index in [0.717, 1.165) is 30.4 Å². The van der Waals surface area contributed by atoms with Gasteiger partial charge in [-0.15, -0.1) is 0 Å². The number of benzene rings is 3. The summed E-state index contributed by atoms with van der Waals surface area (Å²) in [5.74, 6) is -0.219. The van der Waals surface area contributed by atoms with Crippen LogP contribution in [0.1, 0.15) is 42.0 Å². The summed E-state index contributed by atoms with van der Waals surface area (Å²) in [6, 6.07) is 23.9. The molecule has 206 valence electrons. The van der Waals surface area contributed by atoms with E-state index < -0.39 is 18.0 Å². The highest BCUT2D eigenvalue weighted by Gasteiger charge is 2.44. The molecule has 3 aromatic rings. The maximum absolute atomic E-state index is 15.3. The Morgan fingerprint density at radius 2 is 1.73 bits per heavy atom. The Hall–Kier alpha value is -4.14. The number of nitrogens with zero attached hydrogens (tertiary/aromatic N) is 3. The molecule has 1 N–H and O–H groups in total. The number of hydrogen-bond acceptors (Lipinski definition) is 6. The van der Waals surface area contributed by atoms with Crippen LogP contribution in [0.2, 0.25) is 0 Å². The van der Waals surface area contributed by atoms with Crippen LogP contribution < -0.4 is 4.74 Å². The molecule has 40 heavy (non-hydrogen) atoms. The molecule has 0 saturated carbocycles. The molecule has 3 aromatic carbocycles. The third-order valence-electron chi connectivity index (χ3n) is 7.48. The maximum Gasteiger partial charge on any atom is 0.276 e. The summed E-state index contributed by atoms with van der Waals surface area (Å²) in [6.45, 7) is 1.40. The number of aliphatic hydroxyl groups excluding tert-OH is 1. The van der Waals surface area contributed by atoms with E-state index in [1.807, 2.05) is 71.7 Å². The molecule has 1 fully saturated rings.